The molecule has 1 aromatic rings. The number of nitrogens with zero attached hydrogens (tertiary/aromatic N) is 1. The van der Waals surface area contributed by atoms with Gasteiger partial charge in [-0.2, -0.15) is 0 Å². The number of ether oxygens (including phenoxy) is 1. The molecule has 114 valence electrons. The molecule has 1 fully saturated rings. The Balaban J connectivity index is 2.19. The van der Waals surface area contributed by atoms with Gasteiger partial charge in [0.05, 0.1) is 16.6 Å². The monoisotopic (exact) mass is 293 g/mol. The molecule has 0 aromatic heterocycles. The molecule has 0 aliphatic heterocycles. The van der Waals surface area contributed by atoms with Crippen molar-refractivity contribution in [1.82, 2.24) is 0 Å². The highest BCUT2D eigenvalue weighted by Crippen LogP contribution is 2.38. The van der Waals surface area contributed by atoms with Crippen molar-refractivity contribution in [1.29, 1.82) is 0 Å². The van der Waals surface area contributed by atoms with Gasteiger partial charge in [0.1, 0.15) is 0 Å². The molecule has 1 aliphatic carbocycles. The summed E-state index contributed by atoms with van der Waals surface area (Å²) >= 11 is 0. The first kappa shape index (κ1) is 15.3. The van der Waals surface area contributed by atoms with Crippen LogP contribution >= 0.6 is 0 Å². The molecule has 0 heterocycles. The van der Waals surface area contributed by atoms with Crippen LogP contribution in [0.5, 0.6) is 5.75 Å². The Bertz CT molecular complexity index is 557. The third-order valence-corrected chi connectivity index (χ3v) is 3.98. The SMILES string of the molecule is CC1(C)CCC(Oc2cc(C(=O)O)ccc2[N+](=O)[O-])CC1. The van der Waals surface area contributed by atoms with E-state index in [-0.39, 0.29) is 28.5 Å². The summed E-state index contributed by atoms with van der Waals surface area (Å²) < 4.78 is 5.73. The van der Waals surface area contributed by atoms with Crippen LogP contribution in [-0.4, -0.2) is 22.1 Å². The molecule has 0 unspecified atom stereocenters. The topological polar surface area (TPSA) is 89.7 Å². The van der Waals surface area contributed by atoms with Gasteiger partial charge in [0.2, 0.25) is 0 Å². The Morgan fingerprint density at radius 3 is 2.52 bits per heavy atom. The number of carboxylic acid groups (broad SMARTS) is 1. The smallest absolute Gasteiger partial charge is 0.335 e. The first-order chi connectivity index (χ1) is 9.78. The molecular weight excluding hydrogens is 274 g/mol. The predicted octanol–water partition coefficient (Wildman–Crippen LogP) is 3.64. The van der Waals surface area contributed by atoms with Crippen LogP contribution in [0.3, 0.4) is 0 Å². The van der Waals surface area contributed by atoms with Crippen molar-refractivity contribution in [3.63, 3.8) is 0 Å². The van der Waals surface area contributed by atoms with Gasteiger partial charge in [-0.25, -0.2) is 4.79 Å². The molecular formula is C15H19NO5. The van der Waals surface area contributed by atoms with Crippen molar-refractivity contribution in [3.8, 4) is 5.75 Å². The summed E-state index contributed by atoms with van der Waals surface area (Å²) in [6.07, 6.45) is 3.53. The van der Waals surface area contributed by atoms with E-state index in [1.54, 1.807) is 0 Å². The quantitative estimate of drug-likeness (QED) is 0.676. The van der Waals surface area contributed by atoms with E-state index in [1.165, 1.54) is 18.2 Å². The minimum atomic E-state index is -1.13. The highest BCUT2D eigenvalue weighted by Gasteiger charge is 2.29. The van der Waals surface area contributed by atoms with Crippen LogP contribution in [0, 0.1) is 15.5 Å². The minimum Gasteiger partial charge on any atom is -0.483 e. The van der Waals surface area contributed by atoms with E-state index < -0.39 is 10.9 Å². The summed E-state index contributed by atoms with van der Waals surface area (Å²) in [7, 11) is 0. The molecule has 6 heteroatoms. The Morgan fingerprint density at radius 2 is 2.00 bits per heavy atom. The van der Waals surface area contributed by atoms with Gasteiger partial charge in [-0.15, -0.1) is 0 Å². The number of aromatic carboxylic acids is 1. The fourth-order valence-electron chi connectivity index (χ4n) is 2.56. The third-order valence-electron chi connectivity index (χ3n) is 3.98. The Morgan fingerprint density at radius 1 is 1.38 bits per heavy atom. The van der Waals surface area contributed by atoms with Crippen LogP contribution in [0.15, 0.2) is 18.2 Å². The van der Waals surface area contributed by atoms with E-state index in [9.17, 15) is 14.9 Å². The zero-order chi connectivity index (χ0) is 15.6. The van der Waals surface area contributed by atoms with Crippen molar-refractivity contribution in [3.05, 3.63) is 33.9 Å². The lowest BCUT2D eigenvalue weighted by atomic mass is 9.76. The molecule has 1 aliphatic rings. The molecule has 0 atom stereocenters. The summed E-state index contributed by atoms with van der Waals surface area (Å²) in [4.78, 5) is 21.5. The average Bonchev–Trinajstić information content (AvgIpc) is 2.40. The number of nitro benzene ring substituents is 1. The number of carboxylic acids is 1. The molecule has 0 spiro atoms. The third kappa shape index (κ3) is 3.71. The summed E-state index contributed by atoms with van der Waals surface area (Å²) in [6, 6.07) is 3.64. The Labute approximate surface area is 122 Å². The maximum Gasteiger partial charge on any atom is 0.335 e. The molecule has 2 rings (SSSR count). The normalized spacial score (nSPS) is 18.2. The van der Waals surface area contributed by atoms with Crippen molar-refractivity contribution in [2.75, 3.05) is 0 Å². The van der Waals surface area contributed by atoms with Gasteiger partial charge in [-0.3, -0.25) is 10.1 Å². The second kappa shape index (κ2) is 5.71. The van der Waals surface area contributed by atoms with Crippen molar-refractivity contribution in [2.24, 2.45) is 5.41 Å². The second-order valence-corrected chi connectivity index (χ2v) is 6.23. The fourth-order valence-corrected chi connectivity index (χ4v) is 2.56. The second-order valence-electron chi connectivity index (χ2n) is 6.23. The average molecular weight is 293 g/mol. The van der Waals surface area contributed by atoms with E-state index in [2.05, 4.69) is 13.8 Å². The van der Waals surface area contributed by atoms with Crippen LogP contribution < -0.4 is 4.74 Å². The van der Waals surface area contributed by atoms with Crippen LogP contribution in [0.25, 0.3) is 0 Å². The van der Waals surface area contributed by atoms with Gasteiger partial charge in [-0.05, 0) is 37.2 Å². The van der Waals surface area contributed by atoms with Gasteiger partial charge in [0.15, 0.2) is 5.75 Å². The molecule has 21 heavy (non-hydrogen) atoms. The van der Waals surface area contributed by atoms with Gasteiger partial charge in [0.25, 0.3) is 0 Å². The first-order valence-electron chi connectivity index (χ1n) is 6.97. The molecule has 0 saturated heterocycles. The van der Waals surface area contributed by atoms with Gasteiger partial charge in [-0.1, -0.05) is 13.8 Å². The van der Waals surface area contributed by atoms with Crippen LogP contribution in [0.2, 0.25) is 0 Å². The van der Waals surface area contributed by atoms with Gasteiger partial charge >= 0.3 is 11.7 Å². The maximum atomic E-state index is 11.0. The summed E-state index contributed by atoms with van der Waals surface area (Å²) in [5.41, 5.74) is 0.0749. The molecule has 1 saturated carbocycles. The summed E-state index contributed by atoms with van der Waals surface area (Å²) in [5, 5.41) is 20.0. The maximum absolute atomic E-state index is 11.0. The number of rotatable bonds is 4. The van der Waals surface area contributed by atoms with Crippen molar-refractivity contribution >= 4 is 11.7 Å². The number of carbonyl (C=O) groups is 1. The van der Waals surface area contributed by atoms with Gasteiger partial charge < -0.3 is 9.84 Å². The van der Waals surface area contributed by atoms with E-state index in [1.807, 2.05) is 0 Å². The standard InChI is InChI=1S/C15H19NO5/c1-15(2)7-5-11(6-8-15)21-13-9-10(14(17)18)3-4-12(13)16(19)20/h3-4,9,11H,5-8H2,1-2H3,(H,17,18). The Kier molecular flexibility index (Phi) is 4.16. The van der Waals surface area contributed by atoms with Crippen LogP contribution in [-0.2, 0) is 0 Å². The molecule has 1 aromatic carbocycles. The lowest BCUT2D eigenvalue weighted by molar-refractivity contribution is -0.386. The van der Waals surface area contributed by atoms with E-state index in [4.69, 9.17) is 9.84 Å². The largest absolute Gasteiger partial charge is 0.483 e. The fraction of sp³-hybridized carbons (Fsp3) is 0.533. The minimum absolute atomic E-state index is 0.00765. The van der Waals surface area contributed by atoms with Crippen molar-refractivity contribution < 1.29 is 19.6 Å². The summed E-state index contributed by atoms with van der Waals surface area (Å²) in [5.74, 6) is -1.08. The zero-order valence-corrected chi connectivity index (χ0v) is 12.2. The number of benzene rings is 1. The van der Waals surface area contributed by atoms with E-state index in [0.29, 0.717) is 0 Å². The van der Waals surface area contributed by atoms with Crippen molar-refractivity contribution in [2.45, 2.75) is 45.6 Å². The molecule has 6 nitrogen and oxygen atoms in total. The van der Waals surface area contributed by atoms with Crippen LogP contribution in [0.4, 0.5) is 5.69 Å². The summed E-state index contributed by atoms with van der Waals surface area (Å²) in [6.45, 7) is 4.38. The highest BCUT2D eigenvalue weighted by molar-refractivity contribution is 5.88. The first-order valence-corrected chi connectivity index (χ1v) is 6.97. The number of hydrogen-bond acceptors (Lipinski definition) is 4. The molecule has 0 amide bonds. The lowest BCUT2D eigenvalue weighted by Crippen LogP contribution is -2.28. The van der Waals surface area contributed by atoms with E-state index in [0.717, 1.165) is 25.7 Å². The number of hydrogen-bond donors (Lipinski definition) is 1. The predicted molar refractivity (Wildman–Crippen MR) is 76.7 cm³/mol. The zero-order valence-electron chi connectivity index (χ0n) is 12.2. The lowest BCUT2D eigenvalue weighted by Gasteiger charge is -2.34. The molecule has 1 N–H and O–H groups in total. The van der Waals surface area contributed by atoms with E-state index >= 15 is 0 Å². The number of nitro groups is 1. The van der Waals surface area contributed by atoms with Crippen LogP contribution in [0.1, 0.15) is 49.9 Å². The Hall–Kier alpha value is -2.11. The van der Waals surface area contributed by atoms with Gasteiger partial charge in [0, 0.05) is 12.1 Å². The molecule has 0 radical (unpaired) electrons. The highest BCUT2D eigenvalue weighted by atomic mass is 16.6. The molecule has 0 bridgehead atoms.